The molecular weight excluding hydrogens is 334 g/mol. The number of aliphatic carboxylic acids is 1. The lowest BCUT2D eigenvalue weighted by molar-refractivity contribution is -0.147. The number of carbonyl (C=O) groups excluding carboxylic acids is 1. The van der Waals surface area contributed by atoms with Gasteiger partial charge >= 0.3 is 5.97 Å². The number of thioether (sulfide) groups is 2. The van der Waals surface area contributed by atoms with E-state index in [0.717, 1.165) is 5.56 Å². The molecule has 1 aromatic rings. The van der Waals surface area contributed by atoms with Crippen molar-refractivity contribution in [3.8, 4) is 0 Å². The average Bonchev–Trinajstić information content (AvgIpc) is 2.58. The Balaban J connectivity index is 1.62. The Kier molecular flexibility index (Phi) is 4.74. The van der Waals surface area contributed by atoms with Crippen LogP contribution in [-0.2, 0) is 9.59 Å². The zero-order valence-electron chi connectivity index (χ0n) is 12.0. The van der Waals surface area contributed by atoms with Crippen LogP contribution in [0.15, 0.2) is 41.7 Å². The van der Waals surface area contributed by atoms with Crippen molar-refractivity contribution in [3.63, 3.8) is 0 Å². The molecule has 1 aromatic heterocycles. The van der Waals surface area contributed by atoms with Gasteiger partial charge in [-0.3, -0.25) is 14.7 Å². The second-order valence-electron chi connectivity index (χ2n) is 5.08. The molecule has 0 aliphatic carbocycles. The molecule has 0 bridgehead atoms. The summed E-state index contributed by atoms with van der Waals surface area (Å²) >= 11 is 3.12. The summed E-state index contributed by atoms with van der Waals surface area (Å²) in [5, 5.41) is 11.0. The highest BCUT2D eigenvalue weighted by molar-refractivity contribution is 8.05. The summed E-state index contributed by atoms with van der Waals surface area (Å²) in [4.78, 5) is 28.3. The molecular formula is C15H15N3O3S2. The predicted octanol–water partition coefficient (Wildman–Crippen LogP) is 1.36. The topological polar surface area (TPSA) is 96.5 Å². The van der Waals surface area contributed by atoms with E-state index < -0.39 is 12.0 Å². The number of amides is 1. The fraction of sp³-hybridized carbons (Fsp3) is 0.267. The average molecular weight is 349 g/mol. The number of nitrogens with zero attached hydrogens (tertiary/aromatic N) is 2. The van der Waals surface area contributed by atoms with Gasteiger partial charge in [-0.15, -0.1) is 23.5 Å². The Morgan fingerprint density at radius 1 is 1.57 bits per heavy atom. The molecule has 3 rings (SSSR count). The van der Waals surface area contributed by atoms with Gasteiger partial charge in [0.25, 0.3) is 0 Å². The molecule has 0 radical (unpaired) electrons. The van der Waals surface area contributed by atoms with Gasteiger partial charge in [-0.2, -0.15) is 0 Å². The van der Waals surface area contributed by atoms with Crippen LogP contribution in [-0.4, -0.2) is 49.3 Å². The molecule has 0 saturated carbocycles. The van der Waals surface area contributed by atoms with E-state index in [0.29, 0.717) is 5.75 Å². The van der Waals surface area contributed by atoms with E-state index in [1.54, 1.807) is 30.2 Å². The van der Waals surface area contributed by atoms with Crippen LogP contribution in [0.2, 0.25) is 0 Å². The van der Waals surface area contributed by atoms with Crippen LogP contribution in [0.1, 0.15) is 5.56 Å². The molecule has 2 aliphatic rings. The Morgan fingerprint density at radius 2 is 2.39 bits per heavy atom. The minimum absolute atomic E-state index is 0.00467. The van der Waals surface area contributed by atoms with Crippen molar-refractivity contribution in [2.24, 2.45) is 5.73 Å². The van der Waals surface area contributed by atoms with Gasteiger partial charge in [-0.05, 0) is 29.2 Å². The quantitative estimate of drug-likeness (QED) is 0.775. The summed E-state index contributed by atoms with van der Waals surface area (Å²) in [6.45, 7) is 0. The first-order chi connectivity index (χ1) is 11.1. The number of β-lactam (4-membered cyclic amide) rings is 1. The van der Waals surface area contributed by atoms with Gasteiger partial charge in [0, 0.05) is 23.4 Å². The van der Waals surface area contributed by atoms with Crippen molar-refractivity contribution in [3.05, 3.63) is 47.3 Å². The number of carboxylic acid groups (broad SMARTS) is 1. The zero-order valence-corrected chi connectivity index (χ0v) is 13.7. The summed E-state index contributed by atoms with van der Waals surface area (Å²) in [6.07, 6.45) is 7.08. The minimum Gasteiger partial charge on any atom is -0.477 e. The van der Waals surface area contributed by atoms with E-state index >= 15 is 0 Å². The molecule has 6 nitrogen and oxygen atoms in total. The molecule has 0 aromatic carbocycles. The van der Waals surface area contributed by atoms with Crippen molar-refractivity contribution in [1.29, 1.82) is 0 Å². The minimum atomic E-state index is -1.09. The third-order valence-corrected chi connectivity index (χ3v) is 6.05. The third-order valence-electron chi connectivity index (χ3n) is 3.52. The van der Waals surface area contributed by atoms with E-state index in [1.807, 2.05) is 23.6 Å². The van der Waals surface area contributed by atoms with Gasteiger partial charge in [0.05, 0.1) is 0 Å². The number of aromatic nitrogens is 1. The van der Waals surface area contributed by atoms with Crippen LogP contribution >= 0.6 is 23.5 Å². The zero-order chi connectivity index (χ0) is 16.4. The molecule has 120 valence electrons. The van der Waals surface area contributed by atoms with Crippen molar-refractivity contribution < 1.29 is 14.7 Å². The van der Waals surface area contributed by atoms with Gasteiger partial charge < -0.3 is 10.8 Å². The van der Waals surface area contributed by atoms with Crippen molar-refractivity contribution in [2.45, 2.75) is 16.7 Å². The van der Waals surface area contributed by atoms with Crippen molar-refractivity contribution in [1.82, 2.24) is 9.88 Å². The molecule has 1 fully saturated rings. The van der Waals surface area contributed by atoms with E-state index in [9.17, 15) is 14.7 Å². The third kappa shape index (κ3) is 3.29. The normalized spacial score (nSPS) is 26.7. The predicted molar refractivity (Wildman–Crippen MR) is 91.4 cm³/mol. The summed E-state index contributed by atoms with van der Waals surface area (Å²) in [5.41, 5.74) is 6.83. The van der Waals surface area contributed by atoms with E-state index in [-0.39, 0.29) is 22.2 Å². The molecule has 1 amide bonds. The number of fused-ring (bicyclic) bond motifs is 1. The molecule has 2 unspecified atom stereocenters. The summed E-state index contributed by atoms with van der Waals surface area (Å²) in [5.74, 6) is -0.695. The smallest absolute Gasteiger partial charge is 0.352 e. The number of nitrogens with two attached hydrogens (primary N) is 1. The Labute approximate surface area is 141 Å². The molecule has 23 heavy (non-hydrogen) atoms. The molecule has 0 spiro atoms. The van der Waals surface area contributed by atoms with Crippen LogP contribution in [0.5, 0.6) is 0 Å². The molecule has 1 saturated heterocycles. The summed E-state index contributed by atoms with van der Waals surface area (Å²) in [6, 6.07) is 3.22. The summed E-state index contributed by atoms with van der Waals surface area (Å²) in [7, 11) is 0. The molecule has 3 N–H and O–H groups in total. The monoisotopic (exact) mass is 349 g/mol. The fourth-order valence-electron chi connectivity index (χ4n) is 2.38. The Hall–Kier alpha value is -1.77. The van der Waals surface area contributed by atoms with Crippen LogP contribution in [0, 0.1) is 0 Å². The van der Waals surface area contributed by atoms with Crippen LogP contribution < -0.4 is 5.73 Å². The molecule has 3 atom stereocenters. The molecule has 3 heterocycles. The van der Waals surface area contributed by atoms with E-state index in [4.69, 9.17) is 5.73 Å². The first-order valence-corrected chi connectivity index (χ1v) is 8.94. The number of pyridine rings is 1. The number of hydrogen-bond acceptors (Lipinski definition) is 6. The lowest BCUT2D eigenvalue weighted by Gasteiger charge is -2.48. The van der Waals surface area contributed by atoms with Gasteiger partial charge in [0.15, 0.2) is 0 Å². The van der Waals surface area contributed by atoms with Gasteiger partial charge in [-0.25, -0.2) is 4.79 Å². The first-order valence-electron chi connectivity index (χ1n) is 6.95. The lowest BCUT2D eigenvalue weighted by atomic mass is 10.1. The highest BCUT2D eigenvalue weighted by atomic mass is 32.2. The van der Waals surface area contributed by atoms with Crippen LogP contribution in [0.25, 0.3) is 6.08 Å². The van der Waals surface area contributed by atoms with Crippen molar-refractivity contribution in [2.75, 3.05) is 5.75 Å². The Morgan fingerprint density at radius 3 is 3.09 bits per heavy atom. The summed E-state index contributed by atoms with van der Waals surface area (Å²) < 4.78 is 0. The maximum Gasteiger partial charge on any atom is 0.352 e. The highest BCUT2D eigenvalue weighted by Crippen LogP contribution is 2.41. The largest absolute Gasteiger partial charge is 0.477 e. The number of carboxylic acids is 1. The number of carbonyl (C=O) groups is 2. The molecule has 8 heteroatoms. The molecule has 2 aliphatic heterocycles. The van der Waals surface area contributed by atoms with E-state index in [1.165, 1.54) is 16.7 Å². The number of rotatable bonds is 5. The van der Waals surface area contributed by atoms with Gasteiger partial charge in [0.2, 0.25) is 5.91 Å². The van der Waals surface area contributed by atoms with Crippen LogP contribution in [0.4, 0.5) is 0 Å². The maximum atomic E-state index is 11.7. The standard InChI is InChI=1S/C15H15N3O3S2/c16-12-13(19)18-11(15(20)21)6-10(23-14(12)18)8-22-5-3-9-2-1-4-17-7-9/h1-7,10,12,14H,8,16H2,(H,20,21)/t10?,12?,14-/m0/s1. The van der Waals surface area contributed by atoms with E-state index in [2.05, 4.69) is 4.98 Å². The van der Waals surface area contributed by atoms with Crippen molar-refractivity contribution >= 4 is 41.5 Å². The van der Waals surface area contributed by atoms with Gasteiger partial charge in [0.1, 0.15) is 17.1 Å². The van der Waals surface area contributed by atoms with Crippen LogP contribution in [0.3, 0.4) is 0 Å². The highest BCUT2D eigenvalue weighted by Gasteiger charge is 2.51. The first kappa shape index (κ1) is 16.1. The second kappa shape index (κ2) is 6.77. The maximum absolute atomic E-state index is 11.7. The Bertz CT molecular complexity index is 678. The number of hydrogen-bond donors (Lipinski definition) is 2. The fourth-order valence-corrected chi connectivity index (χ4v) is 4.77. The lowest BCUT2D eigenvalue weighted by Crippen LogP contribution is -2.68. The second-order valence-corrected chi connectivity index (χ2v) is 7.38. The SMILES string of the molecule is NC1C(=O)N2C(C(=O)O)=CC(CSC=Cc3cccnc3)S[C@@H]12. The van der Waals surface area contributed by atoms with Gasteiger partial charge in [-0.1, -0.05) is 6.07 Å².